The zero-order chi connectivity index (χ0) is 21.5. The fourth-order valence-corrected chi connectivity index (χ4v) is 3.86. The highest BCUT2D eigenvalue weighted by molar-refractivity contribution is 6.08. The number of H-pyrrole nitrogens is 1. The van der Waals surface area contributed by atoms with Gasteiger partial charge < -0.3 is 10.3 Å². The number of imidazole rings is 1. The molecule has 1 aromatic carbocycles. The third-order valence-electron chi connectivity index (χ3n) is 5.23. The third kappa shape index (κ3) is 3.38. The molecule has 5 rings (SSSR count). The van der Waals surface area contributed by atoms with E-state index in [-0.39, 0.29) is 11.3 Å². The number of rotatable bonds is 4. The maximum atomic E-state index is 13.0. The number of aromatic amines is 1. The van der Waals surface area contributed by atoms with Crippen molar-refractivity contribution in [3.8, 4) is 0 Å². The summed E-state index contributed by atoms with van der Waals surface area (Å²) in [6.45, 7) is 4.43. The molecule has 154 valence electrons. The standard InChI is InChI=1S/C23H20N6O2/c1-14-5-3-6-16(25-14)13-29-19-8-4-7-18(22(19)15(2)27-29)26-23(31)20-12-24-21-11-17(30)9-10-28(20)21/h3-12,24H,13H2,1-2H3,(H,26,31). The molecule has 0 bridgehead atoms. The molecule has 0 saturated carbocycles. The molecular weight excluding hydrogens is 392 g/mol. The number of hydrogen-bond donors (Lipinski definition) is 2. The van der Waals surface area contributed by atoms with E-state index in [0.717, 1.165) is 28.0 Å². The van der Waals surface area contributed by atoms with Gasteiger partial charge in [-0.1, -0.05) is 12.1 Å². The summed E-state index contributed by atoms with van der Waals surface area (Å²) in [5.41, 5.74) is 5.14. The van der Waals surface area contributed by atoms with Gasteiger partial charge in [-0.05, 0) is 38.1 Å². The Labute approximate surface area is 177 Å². The van der Waals surface area contributed by atoms with Crippen LogP contribution in [0.2, 0.25) is 0 Å². The van der Waals surface area contributed by atoms with Gasteiger partial charge in [-0.2, -0.15) is 5.10 Å². The predicted octanol–water partition coefficient (Wildman–Crippen LogP) is 3.29. The third-order valence-corrected chi connectivity index (χ3v) is 5.23. The van der Waals surface area contributed by atoms with Crippen LogP contribution in [0.25, 0.3) is 16.6 Å². The van der Waals surface area contributed by atoms with Crippen LogP contribution >= 0.6 is 0 Å². The van der Waals surface area contributed by atoms with Crippen molar-refractivity contribution in [1.82, 2.24) is 24.1 Å². The topological polar surface area (TPSA) is 97.1 Å². The smallest absolute Gasteiger partial charge is 0.274 e. The largest absolute Gasteiger partial charge is 0.345 e. The number of fused-ring (bicyclic) bond motifs is 2. The minimum atomic E-state index is -0.283. The molecule has 0 aliphatic rings. The molecule has 8 heteroatoms. The lowest BCUT2D eigenvalue weighted by atomic mass is 10.1. The molecule has 0 spiro atoms. The second-order valence-corrected chi connectivity index (χ2v) is 7.46. The van der Waals surface area contributed by atoms with Gasteiger partial charge >= 0.3 is 0 Å². The number of pyridine rings is 2. The lowest BCUT2D eigenvalue weighted by Crippen LogP contribution is -2.15. The van der Waals surface area contributed by atoms with E-state index in [2.05, 4.69) is 20.4 Å². The maximum absolute atomic E-state index is 13.0. The van der Waals surface area contributed by atoms with Gasteiger partial charge in [0, 0.05) is 35.6 Å². The van der Waals surface area contributed by atoms with Gasteiger partial charge in [0.15, 0.2) is 5.43 Å². The number of carbonyl (C=O) groups excluding carboxylic acids is 1. The summed E-state index contributed by atoms with van der Waals surface area (Å²) < 4.78 is 3.55. The number of anilines is 1. The number of benzene rings is 1. The van der Waals surface area contributed by atoms with Crippen molar-refractivity contribution in [2.24, 2.45) is 0 Å². The average molecular weight is 412 g/mol. The molecule has 0 atom stereocenters. The summed E-state index contributed by atoms with van der Waals surface area (Å²) in [7, 11) is 0. The van der Waals surface area contributed by atoms with Gasteiger partial charge in [-0.15, -0.1) is 0 Å². The van der Waals surface area contributed by atoms with Crippen LogP contribution in [0.15, 0.2) is 65.7 Å². The number of amides is 1. The van der Waals surface area contributed by atoms with Gasteiger partial charge in [0.05, 0.1) is 29.1 Å². The lowest BCUT2D eigenvalue weighted by molar-refractivity contribution is 0.102. The van der Waals surface area contributed by atoms with Crippen LogP contribution in [0.4, 0.5) is 5.69 Å². The Balaban J connectivity index is 1.51. The Hall–Kier alpha value is -4.20. The van der Waals surface area contributed by atoms with Gasteiger partial charge in [-0.3, -0.25) is 23.7 Å². The maximum Gasteiger partial charge on any atom is 0.274 e. The fourth-order valence-electron chi connectivity index (χ4n) is 3.86. The van der Waals surface area contributed by atoms with Crippen molar-refractivity contribution in [1.29, 1.82) is 0 Å². The zero-order valence-corrected chi connectivity index (χ0v) is 17.1. The SMILES string of the molecule is Cc1cccc(Cn2nc(C)c3c(NC(=O)c4c[nH]c5cc(=O)ccn45)cccc32)n1. The molecule has 1 amide bonds. The Kier molecular flexibility index (Phi) is 4.39. The van der Waals surface area contributed by atoms with E-state index in [1.54, 1.807) is 16.8 Å². The molecule has 8 nitrogen and oxygen atoms in total. The predicted molar refractivity (Wildman–Crippen MR) is 119 cm³/mol. The minimum Gasteiger partial charge on any atom is -0.345 e. The number of nitrogens with one attached hydrogen (secondary N) is 2. The molecule has 2 N–H and O–H groups in total. The molecule has 31 heavy (non-hydrogen) atoms. The number of aryl methyl sites for hydroxylation is 2. The van der Waals surface area contributed by atoms with E-state index in [4.69, 9.17) is 0 Å². The second-order valence-electron chi connectivity index (χ2n) is 7.46. The molecule has 0 aliphatic carbocycles. The van der Waals surface area contributed by atoms with Crippen LogP contribution in [-0.2, 0) is 6.54 Å². The Morgan fingerprint density at radius 1 is 1.13 bits per heavy atom. The van der Waals surface area contributed by atoms with Gasteiger partial charge in [0.25, 0.3) is 5.91 Å². The number of carbonyl (C=O) groups is 1. The van der Waals surface area contributed by atoms with E-state index in [9.17, 15) is 9.59 Å². The van der Waals surface area contributed by atoms with Crippen LogP contribution in [-0.4, -0.2) is 30.1 Å². The number of aromatic nitrogens is 5. The first-order chi connectivity index (χ1) is 15.0. The van der Waals surface area contributed by atoms with E-state index in [0.29, 0.717) is 23.6 Å². The normalized spacial score (nSPS) is 11.3. The molecule has 4 aromatic heterocycles. The monoisotopic (exact) mass is 412 g/mol. The minimum absolute atomic E-state index is 0.121. The molecule has 0 saturated heterocycles. The Morgan fingerprint density at radius 2 is 1.97 bits per heavy atom. The molecule has 0 radical (unpaired) electrons. The van der Waals surface area contributed by atoms with Gasteiger partial charge in [-0.25, -0.2) is 0 Å². The van der Waals surface area contributed by atoms with Crippen molar-refractivity contribution >= 4 is 28.1 Å². The first-order valence-electron chi connectivity index (χ1n) is 9.89. The highest BCUT2D eigenvalue weighted by Crippen LogP contribution is 2.27. The highest BCUT2D eigenvalue weighted by Gasteiger charge is 2.17. The molecule has 4 heterocycles. The molecule has 0 fully saturated rings. The van der Waals surface area contributed by atoms with E-state index in [1.165, 1.54) is 12.1 Å². The van der Waals surface area contributed by atoms with Crippen molar-refractivity contribution in [2.45, 2.75) is 20.4 Å². The summed E-state index contributed by atoms with van der Waals surface area (Å²) in [6.07, 6.45) is 3.17. The van der Waals surface area contributed by atoms with Crippen LogP contribution < -0.4 is 10.7 Å². The van der Waals surface area contributed by atoms with E-state index < -0.39 is 0 Å². The average Bonchev–Trinajstić information content (AvgIpc) is 3.29. The Bertz CT molecular complexity index is 1510. The summed E-state index contributed by atoms with van der Waals surface area (Å²) in [4.78, 5) is 32.1. The van der Waals surface area contributed by atoms with Crippen LogP contribution in [0.1, 0.15) is 27.6 Å². The van der Waals surface area contributed by atoms with Crippen molar-refractivity contribution in [3.63, 3.8) is 0 Å². The van der Waals surface area contributed by atoms with Gasteiger partial charge in [0.1, 0.15) is 11.3 Å². The van der Waals surface area contributed by atoms with E-state index in [1.807, 2.05) is 54.9 Å². The van der Waals surface area contributed by atoms with Crippen molar-refractivity contribution in [2.75, 3.05) is 5.32 Å². The highest BCUT2D eigenvalue weighted by atomic mass is 16.2. The summed E-state index contributed by atoms with van der Waals surface area (Å²) in [5, 5.41) is 8.56. The molecule has 0 aliphatic heterocycles. The summed E-state index contributed by atoms with van der Waals surface area (Å²) >= 11 is 0. The van der Waals surface area contributed by atoms with Crippen LogP contribution in [0.5, 0.6) is 0 Å². The summed E-state index contributed by atoms with van der Waals surface area (Å²) in [6, 6.07) is 14.5. The van der Waals surface area contributed by atoms with Crippen molar-refractivity contribution in [3.05, 3.63) is 93.9 Å². The second kappa shape index (κ2) is 7.24. The first-order valence-corrected chi connectivity index (χ1v) is 9.89. The van der Waals surface area contributed by atoms with Crippen molar-refractivity contribution < 1.29 is 4.79 Å². The van der Waals surface area contributed by atoms with E-state index >= 15 is 0 Å². The van der Waals surface area contributed by atoms with Crippen LogP contribution in [0.3, 0.4) is 0 Å². The fraction of sp³-hybridized carbons (Fsp3) is 0.130. The molecule has 0 unspecified atom stereocenters. The molecule has 5 aromatic rings. The van der Waals surface area contributed by atoms with Crippen LogP contribution in [0, 0.1) is 13.8 Å². The zero-order valence-electron chi connectivity index (χ0n) is 17.1. The van der Waals surface area contributed by atoms with Gasteiger partial charge in [0.2, 0.25) is 0 Å². The Morgan fingerprint density at radius 3 is 2.81 bits per heavy atom. The lowest BCUT2D eigenvalue weighted by Gasteiger charge is -2.08. The summed E-state index contributed by atoms with van der Waals surface area (Å²) in [5.74, 6) is -0.283. The first kappa shape index (κ1) is 18.8. The number of hydrogen-bond acceptors (Lipinski definition) is 4. The quantitative estimate of drug-likeness (QED) is 0.473. The number of nitrogens with zero attached hydrogens (tertiary/aromatic N) is 4. The molecular formula is C23H20N6O2.